The quantitative estimate of drug-likeness (QED) is 0.743. The van der Waals surface area contributed by atoms with Gasteiger partial charge in [-0.1, -0.05) is 11.6 Å². The molecule has 3 rings (SSSR count). The Kier molecular flexibility index (Phi) is 3.13. The first-order chi connectivity index (χ1) is 10.4. The van der Waals surface area contributed by atoms with Gasteiger partial charge in [0.2, 0.25) is 0 Å². The summed E-state index contributed by atoms with van der Waals surface area (Å²) in [4.78, 5) is 26.8. The van der Waals surface area contributed by atoms with E-state index in [0.717, 1.165) is 28.1 Å². The number of hydrogen-bond acceptors (Lipinski definition) is 2. The summed E-state index contributed by atoms with van der Waals surface area (Å²) in [5.74, 6) is -0.615. The Morgan fingerprint density at radius 1 is 1.23 bits per heavy atom. The van der Waals surface area contributed by atoms with E-state index in [-0.39, 0.29) is 5.91 Å². The van der Waals surface area contributed by atoms with Crippen molar-refractivity contribution in [3.05, 3.63) is 51.8 Å². The predicted molar refractivity (Wildman–Crippen MR) is 86.5 cm³/mol. The molecule has 0 atom stereocenters. The molecular weight excluding hydrogens is 278 g/mol. The van der Waals surface area contributed by atoms with Gasteiger partial charge in [0.25, 0.3) is 11.8 Å². The number of rotatable bonds is 2. The molecule has 2 heterocycles. The van der Waals surface area contributed by atoms with Gasteiger partial charge in [-0.15, -0.1) is 0 Å². The molecule has 0 aliphatic carbocycles. The van der Waals surface area contributed by atoms with Gasteiger partial charge in [-0.25, -0.2) is 0 Å². The zero-order valence-corrected chi connectivity index (χ0v) is 12.7. The average Bonchev–Trinajstić information content (AvgIpc) is 2.88. The second kappa shape index (κ2) is 4.87. The number of anilines is 1. The molecule has 0 saturated carbocycles. The third-order valence-corrected chi connectivity index (χ3v) is 3.97. The van der Waals surface area contributed by atoms with E-state index in [4.69, 9.17) is 5.73 Å². The van der Waals surface area contributed by atoms with Crippen LogP contribution in [0.4, 0.5) is 5.69 Å². The molecule has 4 N–H and O–H groups in total. The van der Waals surface area contributed by atoms with Crippen molar-refractivity contribution in [2.24, 2.45) is 5.73 Å². The fourth-order valence-electron chi connectivity index (χ4n) is 2.88. The van der Waals surface area contributed by atoms with Crippen molar-refractivity contribution in [1.29, 1.82) is 0 Å². The lowest BCUT2D eigenvalue weighted by molar-refractivity contribution is -0.110. The number of benzene rings is 1. The fourth-order valence-corrected chi connectivity index (χ4v) is 2.88. The molecule has 1 aliphatic rings. The Morgan fingerprint density at radius 3 is 2.59 bits per heavy atom. The minimum Gasteiger partial charge on any atom is -0.366 e. The fraction of sp³-hybridized carbons (Fsp3) is 0.176. The van der Waals surface area contributed by atoms with Crippen molar-refractivity contribution in [2.75, 3.05) is 5.32 Å². The summed E-state index contributed by atoms with van der Waals surface area (Å²) in [6.45, 7) is 5.60. The molecule has 0 bridgehead atoms. The smallest absolute Gasteiger partial charge is 0.256 e. The van der Waals surface area contributed by atoms with Crippen LogP contribution in [0.5, 0.6) is 0 Å². The van der Waals surface area contributed by atoms with E-state index in [1.807, 2.05) is 32.0 Å². The minimum absolute atomic E-state index is 0.145. The second-order valence-electron chi connectivity index (χ2n) is 5.59. The molecule has 5 nitrogen and oxygen atoms in total. The molecule has 0 spiro atoms. The van der Waals surface area contributed by atoms with Gasteiger partial charge in [-0.2, -0.15) is 0 Å². The Bertz CT molecular complexity index is 844. The number of carbonyl (C=O) groups excluding carboxylic acids is 2. The number of aryl methyl sites for hydroxylation is 2. The van der Waals surface area contributed by atoms with E-state index in [1.54, 1.807) is 13.0 Å². The lowest BCUT2D eigenvalue weighted by Crippen LogP contribution is -2.12. The van der Waals surface area contributed by atoms with Crippen LogP contribution in [-0.2, 0) is 4.79 Å². The van der Waals surface area contributed by atoms with Crippen LogP contribution in [0.3, 0.4) is 0 Å². The molecular formula is C17H17N3O2. The van der Waals surface area contributed by atoms with Crippen molar-refractivity contribution in [2.45, 2.75) is 20.8 Å². The van der Waals surface area contributed by atoms with Crippen LogP contribution in [0.2, 0.25) is 0 Å². The van der Waals surface area contributed by atoms with Gasteiger partial charge < -0.3 is 16.0 Å². The highest BCUT2D eigenvalue weighted by atomic mass is 16.2. The van der Waals surface area contributed by atoms with Crippen LogP contribution in [0, 0.1) is 20.8 Å². The first-order valence-electron chi connectivity index (χ1n) is 7.01. The molecule has 2 aromatic rings. The topological polar surface area (TPSA) is 88.0 Å². The number of carbonyl (C=O) groups is 2. The maximum Gasteiger partial charge on any atom is 0.256 e. The Morgan fingerprint density at radius 2 is 1.95 bits per heavy atom. The van der Waals surface area contributed by atoms with Gasteiger partial charge in [0.05, 0.1) is 11.1 Å². The van der Waals surface area contributed by atoms with Gasteiger partial charge in [0, 0.05) is 22.6 Å². The number of fused-ring (bicyclic) bond motifs is 1. The number of aromatic nitrogens is 1. The monoisotopic (exact) mass is 295 g/mol. The van der Waals surface area contributed by atoms with E-state index in [9.17, 15) is 9.59 Å². The highest BCUT2D eigenvalue weighted by molar-refractivity contribution is 6.35. The minimum atomic E-state index is -0.469. The molecule has 0 radical (unpaired) electrons. The zero-order chi connectivity index (χ0) is 16.0. The highest BCUT2D eigenvalue weighted by Crippen LogP contribution is 2.34. The Hall–Kier alpha value is -2.82. The Balaban J connectivity index is 2.15. The van der Waals surface area contributed by atoms with Crippen LogP contribution < -0.4 is 11.1 Å². The molecule has 22 heavy (non-hydrogen) atoms. The first-order valence-corrected chi connectivity index (χ1v) is 7.01. The third-order valence-electron chi connectivity index (χ3n) is 3.97. The van der Waals surface area contributed by atoms with E-state index < -0.39 is 5.91 Å². The molecule has 0 unspecified atom stereocenters. The number of nitrogens with two attached hydrogens (primary N) is 1. The lowest BCUT2D eigenvalue weighted by atomic mass is 10.0. The number of hydrogen-bond donors (Lipinski definition) is 3. The second-order valence-corrected chi connectivity index (χ2v) is 5.59. The van der Waals surface area contributed by atoms with Crippen molar-refractivity contribution in [3.8, 4) is 0 Å². The number of aromatic amines is 1. The van der Waals surface area contributed by atoms with E-state index in [2.05, 4.69) is 10.3 Å². The lowest BCUT2D eigenvalue weighted by Gasteiger charge is -2.00. The predicted octanol–water partition coefficient (Wildman–Crippen LogP) is 2.53. The summed E-state index contributed by atoms with van der Waals surface area (Å²) in [5.41, 5.74) is 11.4. The molecule has 1 aromatic heterocycles. The van der Waals surface area contributed by atoms with Crippen LogP contribution in [0.25, 0.3) is 11.6 Å². The maximum absolute atomic E-state index is 12.2. The summed E-state index contributed by atoms with van der Waals surface area (Å²) in [5, 5.41) is 2.85. The summed E-state index contributed by atoms with van der Waals surface area (Å²) < 4.78 is 0. The molecule has 0 fully saturated rings. The maximum atomic E-state index is 12.2. The van der Waals surface area contributed by atoms with Crippen molar-refractivity contribution < 1.29 is 9.59 Å². The number of H-pyrrole nitrogens is 1. The van der Waals surface area contributed by atoms with Gasteiger partial charge in [-0.05, 0) is 44.5 Å². The molecule has 0 saturated heterocycles. The van der Waals surface area contributed by atoms with Gasteiger partial charge in [-0.3, -0.25) is 9.59 Å². The number of nitrogens with one attached hydrogen (secondary N) is 2. The van der Waals surface area contributed by atoms with Crippen LogP contribution in [0.15, 0.2) is 18.2 Å². The van der Waals surface area contributed by atoms with E-state index in [0.29, 0.717) is 16.8 Å². The van der Waals surface area contributed by atoms with Gasteiger partial charge in [0.15, 0.2) is 0 Å². The number of primary amides is 1. The molecule has 112 valence electrons. The van der Waals surface area contributed by atoms with Gasteiger partial charge >= 0.3 is 0 Å². The largest absolute Gasteiger partial charge is 0.366 e. The third kappa shape index (κ3) is 2.11. The summed E-state index contributed by atoms with van der Waals surface area (Å²) in [7, 11) is 0. The van der Waals surface area contributed by atoms with E-state index in [1.165, 1.54) is 0 Å². The summed E-state index contributed by atoms with van der Waals surface area (Å²) in [6.07, 6.45) is 1.77. The van der Waals surface area contributed by atoms with Crippen LogP contribution >= 0.6 is 0 Å². The standard InChI is InChI=1S/C17H17N3O2/c1-8-4-5-13-11(6-8)12(17(22)20-13)7-14-9(2)15(16(18)21)10(3)19-14/h4-7,19H,1-3H3,(H2,18,21)(H,20,22)/b12-7-. The van der Waals surface area contributed by atoms with E-state index >= 15 is 0 Å². The molecule has 5 heteroatoms. The molecule has 2 amide bonds. The zero-order valence-electron chi connectivity index (χ0n) is 12.7. The van der Waals surface area contributed by atoms with Crippen molar-refractivity contribution in [1.82, 2.24) is 4.98 Å². The van der Waals surface area contributed by atoms with Crippen molar-refractivity contribution >= 4 is 29.2 Å². The van der Waals surface area contributed by atoms with Gasteiger partial charge in [0.1, 0.15) is 0 Å². The average molecular weight is 295 g/mol. The SMILES string of the molecule is Cc1ccc2c(c1)/C(=C/c1[nH]c(C)c(C(N)=O)c1C)C(=O)N2. The molecule has 1 aromatic carbocycles. The summed E-state index contributed by atoms with van der Waals surface area (Å²) in [6, 6.07) is 5.82. The van der Waals surface area contributed by atoms with Crippen LogP contribution in [-0.4, -0.2) is 16.8 Å². The first kappa shape index (κ1) is 14.1. The molecule has 1 aliphatic heterocycles. The number of amides is 2. The van der Waals surface area contributed by atoms with Crippen molar-refractivity contribution in [3.63, 3.8) is 0 Å². The normalized spacial score (nSPS) is 15.0. The highest BCUT2D eigenvalue weighted by Gasteiger charge is 2.25. The Labute approximate surface area is 128 Å². The van der Waals surface area contributed by atoms with Crippen LogP contribution in [0.1, 0.15) is 38.4 Å². The summed E-state index contributed by atoms with van der Waals surface area (Å²) >= 11 is 0.